The molecule has 7 rings (SSSR count). The molecular formula is C35H38F2N2O3. The molecule has 3 unspecified atom stereocenters. The summed E-state index contributed by atoms with van der Waals surface area (Å²) in [6.45, 7) is 3.23. The molecule has 2 bridgehead atoms. The summed E-state index contributed by atoms with van der Waals surface area (Å²) in [4.78, 5) is 15.5. The number of carbonyl (C=O) groups is 1. The van der Waals surface area contributed by atoms with Gasteiger partial charge in [0.15, 0.2) is 11.6 Å². The maximum absolute atomic E-state index is 15.0. The molecule has 0 aromatic heterocycles. The normalized spacial score (nSPS) is 31.8. The van der Waals surface area contributed by atoms with Crippen molar-refractivity contribution in [2.45, 2.75) is 82.8 Å². The molecule has 2 aliphatic heterocycles. The van der Waals surface area contributed by atoms with Gasteiger partial charge < -0.3 is 20.2 Å². The maximum Gasteiger partial charge on any atom is 0.228 e. The number of benzene rings is 2. The van der Waals surface area contributed by atoms with E-state index >= 15 is 4.39 Å². The molecule has 2 heterocycles. The van der Waals surface area contributed by atoms with Crippen molar-refractivity contribution >= 4 is 22.9 Å². The molecule has 1 amide bonds. The van der Waals surface area contributed by atoms with E-state index in [1.807, 2.05) is 17.0 Å². The Bertz CT molecular complexity index is 1570. The van der Waals surface area contributed by atoms with Crippen LogP contribution in [-0.2, 0) is 16.0 Å². The predicted octanol–water partition coefficient (Wildman–Crippen LogP) is 7.63. The fourth-order valence-electron chi connectivity index (χ4n) is 8.95. The van der Waals surface area contributed by atoms with Gasteiger partial charge >= 0.3 is 0 Å². The van der Waals surface area contributed by atoms with E-state index in [9.17, 15) is 14.3 Å². The third kappa shape index (κ3) is 4.03. The lowest BCUT2D eigenvalue weighted by Crippen LogP contribution is -2.43. The molecule has 7 heteroatoms. The molecule has 1 spiro atoms. The quantitative estimate of drug-likeness (QED) is 0.225. The molecule has 0 radical (unpaired) electrons. The number of anilines is 1. The number of aliphatic hydroxyl groups is 1. The number of methoxy groups -OCH3 is 1. The van der Waals surface area contributed by atoms with E-state index in [0.29, 0.717) is 29.2 Å². The molecule has 4 atom stereocenters. The predicted molar refractivity (Wildman–Crippen MR) is 159 cm³/mol. The number of carbonyl (C=O) groups excluding carboxylic acids is 1. The lowest BCUT2D eigenvalue weighted by molar-refractivity contribution is -0.117. The van der Waals surface area contributed by atoms with Crippen molar-refractivity contribution in [1.82, 2.24) is 0 Å². The maximum atomic E-state index is 15.0. The van der Waals surface area contributed by atoms with Crippen LogP contribution in [0.2, 0.25) is 0 Å². The Morgan fingerprint density at radius 1 is 1.05 bits per heavy atom. The number of nitrogens with one attached hydrogen (secondary N) is 1. The van der Waals surface area contributed by atoms with Gasteiger partial charge in [-0.1, -0.05) is 18.2 Å². The number of piperidine rings is 1. The summed E-state index contributed by atoms with van der Waals surface area (Å²) in [6, 6.07) is 8.56. The summed E-state index contributed by atoms with van der Waals surface area (Å²) >= 11 is 0. The van der Waals surface area contributed by atoms with E-state index < -0.39 is 23.1 Å². The van der Waals surface area contributed by atoms with Gasteiger partial charge in [-0.25, -0.2) is 8.78 Å². The highest BCUT2D eigenvalue weighted by Crippen LogP contribution is 2.67. The summed E-state index contributed by atoms with van der Waals surface area (Å²) in [5, 5.41) is 18.8. The summed E-state index contributed by atoms with van der Waals surface area (Å²) in [7, 11) is 1.79. The van der Waals surface area contributed by atoms with Crippen LogP contribution >= 0.6 is 0 Å². The van der Waals surface area contributed by atoms with E-state index in [2.05, 4.69) is 12.1 Å². The van der Waals surface area contributed by atoms with Crippen LogP contribution in [0.4, 0.5) is 14.5 Å². The van der Waals surface area contributed by atoms with Gasteiger partial charge in [0.2, 0.25) is 5.91 Å². The second kappa shape index (κ2) is 9.87. The first-order chi connectivity index (χ1) is 20.1. The van der Waals surface area contributed by atoms with Crippen LogP contribution in [0.3, 0.4) is 0 Å². The number of rotatable bonds is 4. The van der Waals surface area contributed by atoms with E-state index in [1.165, 1.54) is 17.7 Å². The van der Waals surface area contributed by atoms with Gasteiger partial charge in [-0.2, -0.15) is 0 Å². The van der Waals surface area contributed by atoms with E-state index in [1.54, 1.807) is 21.0 Å². The van der Waals surface area contributed by atoms with Gasteiger partial charge in [-0.15, -0.1) is 0 Å². The summed E-state index contributed by atoms with van der Waals surface area (Å²) < 4.78 is 35.7. The highest BCUT2D eigenvalue weighted by atomic mass is 19.2. The van der Waals surface area contributed by atoms with Crippen LogP contribution in [0, 0.1) is 34.8 Å². The van der Waals surface area contributed by atoms with Gasteiger partial charge in [0.1, 0.15) is 0 Å². The molecule has 2 N–H and O–H groups in total. The summed E-state index contributed by atoms with van der Waals surface area (Å²) in [6.07, 6.45) is 9.80. The molecule has 1 saturated heterocycles. The molecule has 42 heavy (non-hydrogen) atoms. The number of aryl methyl sites for hydroxylation is 1. The average Bonchev–Trinajstić information content (AvgIpc) is 3.59. The van der Waals surface area contributed by atoms with Gasteiger partial charge in [0, 0.05) is 36.8 Å². The molecule has 5 aliphatic rings. The first-order valence-corrected chi connectivity index (χ1v) is 15.3. The van der Waals surface area contributed by atoms with Crippen molar-refractivity contribution in [3.05, 3.63) is 81.6 Å². The minimum atomic E-state index is -0.943. The highest BCUT2D eigenvalue weighted by Gasteiger charge is 2.69. The van der Waals surface area contributed by atoms with Crippen LogP contribution in [0.5, 0.6) is 0 Å². The van der Waals surface area contributed by atoms with E-state index in [-0.39, 0.29) is 35.3 Å². The highest BCUT2D eigenvalue weighted by molar-refractivity contribution is 6.21. The third-order valence-corrected chi connectivity index (χ3v) is 10.9. The fourth-order valence-corrected chi connectivity index (χ4v) is 8.95. The van der Waals surface area contributed by atoms with E-state index in [4.69, 9.17) is 10.1 Å². The van der Waals surface area contributed by atoms with Gasteiger partial charge in [0.25, 0.3) is 0 Å². The zero-order chi connectivity index (χ0) is 29.5. The van der Waals surface area contributed by atoms with Crippen LogP contribution in [-0.4, -0.2) is 35.5 Å². The SMILES string of the molecule is CO[C@H]1CC[C@H]([C@@H]2CCc3ccc(/C(C(C)=N)=C(\C)O)cc3C3C=C2C24CC2CC(=O)N4c2cc(F)c(F)cc23)CC1. The molecule has 2 aromatic carbocycles. The Hall–Kier alpha value is -3.32. The van der Waals surface area contributed by atoms with Crippen LogP contribution in [0.25, 0.3) is 5.57 Å². The number of halogens is 2. The number of fused-ring (bicyclic) bond motifs is 6. The average molecular weight is 573 g/mol. The molecule has 5 nitrogen and oxygen atoms in total. The Balaban J connectivity index is 1.46. The number of amides is 1. The van der Waals surface area contributed by atoms with Crippen molar-refractivity contribution in [1.29, 1.82) is 5.41 Å². The minimum Gasteiger partial charge on any atom is -0.512 e. The first kappa shape index (κ1) is 27.5. The fraction of sp³-hybridized carbons (Fsp3) is 0.486. The summed E-state index contributed by atoms with van der Waals surface area (Å²) in [5.74, 6) is -1.29. The zero-order valence-electron chi connectivity index (χ0n) is 24.5. The number of ether oxygens (including phenoxy) is 1. The lowest BCUT2D eigenvalue weighted by atomic mass is 9.68. The minimum absolute atomic E-state index is 0.0133. The number of aliphatic hydroxyl groups excluding tert-OH is 1. The van der Waals surface area contributed by atoms with Crippen LogP contribution < -0.4 is 4.90 Å². The lowest BCUT2D eigenvalue weighted by Gasteiger charge is -2.40. The standard InChI is InChI=1S/C35H38F2N2O3/c1-18(38)34(19(2)40)22-5-4-21-8-11-25(20-6-9-24(42-3)10-7-20)29-14-27(26(21)12-22)28-15-30(36)31(37)16-32(28)39-33(41)13-23-17-35(23,29)39/h4-5,12,14-16,20,23-25,27,38,40H,6-11,13,17H2,1-3H3/b34-19+,38-18?/t20-,23?,24-,25-,27?,35?/m0/s1. The Morgan fingerprint density at radius 3 is 2.48 bits per heavy atom. The smallest absolute Gasteiger partial charge is 0.228 e. The molecular weight excluding hydrogens is 534 g/mol. The molecule has 2 saturated carbocycles. The second-order valence-electron chi connectivity index (χ2n) is 13.1. The largest absolute Gasteiger partial charge is 0.512 e. The van der Waals surface area contributed by atoms with Crippen molar-refractivity contribution in [3.63, 3.8) is 0 Å². The van der Waals surface area contributed by atoms with E-state index in [0.717, 1.165) is 61.6 Å². The Morgan fingerprint density at radius 2 is 1.79 bits per heavy atom. The topological polar surface area (TPSA) is 73.6 Å². The van der Waals surface area contributed by atoms with Gasteiger partial charge in [-0.3, -0.25) is 4.79 Å². The zero-order valence-corrected chi connectivity index (χ0v) is 24.5. The van der Waals surface area contributed by atoms with Crippen molar-refractivity contribution in [2.75, 3.05) is 12.0 Å². The van der Waals surface area contributed by atoms with Crippen molar-refractivity contribution in [2.24, 2.45) is 17.8 Å². The summed E-state index contributed by atoms with van der Waals surface area (Å²) in [5.41, 5.74) is 5.41. The number of allylic oxidation sites excluding steroid dienone is 3. The molecule has 3 aliphatic carbocycles. The number of hydrogen-bond donors (Lipinski definition) is 2. The van der Waals surface area contributed by atoms with Crippen LogP contribution in [0.15, 0.2) is 47.7 Å². The second-order valence-corrected chi connectivity index (χ2v) is 13.1. The van der Waals surface area contributed by atoms with Crippen LogP contribution in [0.1, 0.15) is 87.0 Å². The Kier molecular flexibility index (Phi) is 6.46. The molecule has 220 valence electrons. The van der Waals surface area contributed by atoms with Gasteiger partial charge in [0.05, 0.1) is 23.1 Å². The Labute approximate surface area is 245 Å². The van der Waals surface area contributed by atoms with Crippen molar-refractivity contribution < 1.29 is 23.4 Å². The molecule has 2 aromatic rings. The number of hydrogen-bond acceptors (Lipinski definition) is 4. The molecule has 3 fully saturated rings. The van der Waals surface area contributed by atoms with Gasteiger partial charge in [-0.05, 0) is 117 Å². The monoisotopic (exact) mass is 572 g/mol. The van der Waals surface area contributed by atoms with Crippen molar-refractivity contribution in [3.8, 4) is 0 Å². The first-order valence-electron chi connectivity index (χ1n) is 15.3. The third-order valence-electron chi connectivity index (χ3n) is 10.9. The number of nitrogens with zero attached hydrogens (tertiary/aromatic N) is 1.